The van der Waals surface area contributed by atoms with Crippen molar-refractivity contribution in [2.24, 2.45) is 57.4 Å². The van der Waals surface area contributed by atoms with Crippen molar-refractivity contribution in [1.29, 1.82) is 0 Å². The molecule has 6 heteroatoms. The van der Waals surface area contributed by atoms with E-state index in [-0.39, 0.29) is 28.8 Å². The van der Waals surface area contributed by atoms with Crippen LogP contribution < -0.4 is 5.14 Å². The van der Waals surface area contributed by atoms with E-state index in [2.05, 4.69) is 27.7 Å². The van der Waals surface area contributed by atoms with E-state index >= 15 is 0 Å². The first-order valence-electron chi connectivity index (χ1n) is 13.3. The molecule has 0 spiro atoms. The smallest absolute Gasteiger partial charge is 0.209 e. The lowest BCUT2D eigenvalue weighted by Crippen LogP contribution is -2.62. The summed E-state index contributed by atoms with van der Waals surface area (Å²) in [7, 11) is -3.39. The summed E-state index contributed by atoms with van der Waals surface area (Å²) in [5.41, 5.74) is 0.475. The molecule has 186 valence electrons. The summed E-state index contributed by atoms with van der Waals surface area (Å²) in [6.45, 7) is 9.50. The third-order valence-corrected chi connectivity index (χ3v) is 12.1. The van der Waals surface area contributed by atoms with Crippen molar-refractivity contribution in [2.75, 3.05) is 5.75 Å². The highest BCUT2D eigenvalue weighted by atomic mass is 32.2. The van der Waals surface area contributed by atoms with Gasteiger partial charge >= 0.3 is 0 Å². The second-order valence-corrected chi connectivity index (χ2v) is 14.3. The fraction of sp³-hybridized carbons (Fsp3) is 1.00. The largest absolute Gasteiger partial charge is 0.393 e. The molecular formula is C26H47NO4S. The zero-order valence-electron chi connectivity index (χ0n) is 20.7. The minimum atomic E-state index is -3.39. The topological polar surface area (TPSA) is 101 Å². The summed E-state index contributed by atoms with van der Waals surface area (Å²) in [4.78, 5) is 0. The monoisotopic (exact) mass is 469 g/mol. The molecule has 0 unspecified atom stereocenters. The van der Waals surface area contributed by atoms with Crippen LogP contribution in [0.3, 0.4) is 0 Å². The standard InChI is InChI=1S/C26H47NO4S/c1-5-18-22-15-17(28)10-12-26(22,4)21-11-13-25(3)19(8-9-20(25)23(21)24(18)29)16(2)7-6-14-32(27,30)31/h16-24,28-29H,5-15H2,1-4H3,(H2,27,30,31)/t16-,17-,18-,19-,20+,21+,22+,23+,24-,25-,26-/m1/s1. The molecule has 0 amide bonds. The number of nitrogens with two attached hydrogens (primary N) is 1. The Hall–Kier alpha value is -0.170. The molecular weight excluding hydrogens is 422 g/mol. The molecule has 0 saturated heterocycles. The second-order valence-electron chi connectivity index (χ2n) is 12.6. The highest BCUT2D eigenvalue weighted by Crippen LogP contribution is 2.69. The van der Waals surface area contributed by atoms with Gasteiger partial charge in [-0.25, -0.2) is 13.6 Å². The summed E-state index contributed by atoms with van der Waals surface area (Å²) in [5.74, 6) is 3.39. The van der Waals surface area contributed by atoms with Gasteiger partial charge in [0.2, 0.25) is 10.0 Å². The van der Waals surface area contributed by atoms with Crippen molar-refractivity contribution in [1.82, 2.24) is 0 Å². The maximum absolute atomic E-state index is 11.8. The predicted molar refractivity (Wildman–Crippen MR) is 128 cm³/mol. The third kappa shape index (κ3) is 4.09. The summed E-state index contributed by atoms with van der Waals surface area (Å²) >= 11 is 0. The first-order chi connectivity index (χ1) is 14.9. The van der Waals surface area contributed by atoms with Crippen molar-refractivity contribution < 1.29 is 18.6 Å². The molecule has 11 atom stereocenters. The summed E-state index contributed by atoms with van der Waals surface area (Å²) < 4.78 is 22.8. The van der Waals surface area contributed by atoms with E-state index in [4.69, 9.17) is 5.14 Å². The molecule has 0 aromatic rings. The predicted octanol–water partition coefficient (Wildman–Crippen LogP) is 4.32. The summed E-state index contributed by atoms with van der Waals surface area (Å²) in [6.07, 6.45) is 9.77. The van der Waals surface area contributed by atoms with E-state index < -0.39 is 10.0 Å². The number of fused-ring (bicyclic) bond motifs is 5. The van der Waals surface area contributed by atoms with Crippen molar-refractivity contribution in [3.63, 3.8) is 0 Å². The lowest BCUT2D eigenvalue weighted by atomic mass is 9.41. The van der Waals surface area contributed by atoms with Crippen LogP contribution in [0.4, 0.5) is 0 Å². The van der Waals surface area contributed by atoms with E-state index in [1.54, 1.807) is 0 Å². The first kappa shape index (κ1) is 24.9. The van der Waals surface area contributed by atoms with Gasteiger partial charge < -0.3 is 10.2 Å². The summed E-state index contributed by atoms with van der Waals surface area (Å²) in [6, 6.07) is 0. The Morgan fingerprint density at radius 2 is 1.66 bits per heavy atom. The Morgan fingerprint density at radius 1 is 1.00 bits per heavy atom. The lowest BCUT2D eigenvalue weighted by molar-refractivity contribution is -0.203. The van der Waals surface area contributed by atoms with Crippen LogP contribution in [0.1, 0.15) is 91.9 Å². The molecule has 0 aliphatic heterocycles. The number of sulfonamides is 1. The maximum Gasteiger partial charge on any atom is 0.209 e. The van der Waals surface area contributed by atoms with Gasteiger partial charge in [-0.1, -0.05) is 34.1 Å². The van der Waals surface area contributed by atoms with Crippen LogP contribution in [0.5, 0.6) is 0 Å². The molecule has 4 rings (SSSR count). The molecule has 4 saturated carbocycles. The Morgan fingerprint density at radius 3 is 2.31 bits per heavy atom. The third-order valence-electron chi connectivity index (χ3n) is 11.2. The molecule has 4 N–H and O–H groups in total. The molecule has 32 heavy (non-hydrogen) atoms. The van der Waals surface area contributed by atoms with Crippen molar-refractivity contribution >= 4 is 10.0 Å². The number of aliphatic hydroxyl groups excluding tert-OH is 2. The molecule has 0 aromatic heterocycles. The first-order valence-corrected chi connectivity index (χ1v) is 15.0. The van der Waals surface area contributed by atoms with Gasteiger partial charge in [0.05, 0.1) is 18.0 Å². The van der Waals surface area contributed by atoms with E-state index in [0.29, 0.717) is 47.8 Å². The maximum atomic E-state index is 11.8. The number of hydrogen-bond acceptors (Lipinski definition) is 4. The van der Waals surface area contributed by atoms with E-state index in [9.17, 15) is 18.6 Å². The molecule has 4 aliphatic rings. The van der Waals surface area contributed by atoms with E-state index in [1.165, 1.54) is 25.7 Å². The van der Waals surface area contributed by atoms with Crippen LogP contribution in [-0.2, 0) is 10.0 Å². The van der Waals surface area contributed by atoms with E-state index in [1.807, 2.05) is 0 Å². The van der Waals surface area contributed by atoms with Gasteiger partial charge in [0.15, 0.2) is 0 Å². The normalized spacial score (nSPS) is 49.7. The van der Waals surface area contributed by atoms with Gasteiger partial charge in [-0.05, 0) is 110 Å². The summed E-state index contributed by atoms with van der Waals surface area (Å²) in [5, 5.41) is 27.4. The van der Waals surface area contributed by atoms with Gasteiger partial charge in [-0.3, -0.25) is 0 Å². The lowest BCUT2D eigenvalue weighted by Gasteiger charge is -2.64. The average Bonchev–Trinajstić information content (AvgIpc) is 3.06. The van der Waals surface area contributed by atoms with Crippen LogP contribution in [0.25, 0.3) is 0 Å². The van der Waals surface area contributed by atoms with Crippen LogP contribution in [0, 0.1) is 52.3 Å². The van der Waals surface area contributed by atoms with Crippen LogP contribution in [-0.4, -0.2) is 36.6 Å². The molecule has 5 nitrogen and oxygen atoms in total. The molecule has 0 radical (unpaired) electrons. The zero-order chi connectivity index (χ0) is 23.5. The Kier molecular flexibility index (Phi) is 6.86. The van der Waals surface area contributed by atoms with Crippen LogP contribution in [0.15, 0.2) is 0 Å². The molecule has 4 aliphatic carbocycles. The van der Waals surface area contributed by atoms with Crippen molar-refractivity contribution in [3.05, 3.63) is 0 Å². The number of hydrogen-bond donors (Lipinski definition) is 3. The fourth-order valence-corrected chi connectivity index (χ4v) is 10.3. The van der Waals surface area contributed by atoms with Crippen LogP contribution >= 0.6 is 0 Å². The van der Waals surface area contributed by atoms with Crippen LogP contribution in [0.2, 0.25) is 0 Å². The van der Waals surface area contributed by atoms with E-state index in [0.717, 1.165) is 32.1 Å². The Balaban J connectivity index is 1.56. The van der Waals surface area contributed by atoms with Crippen molar-refractivity contribution in [2.45, 2.75) is 104 Å². The second kappa shape index (κ2) is 8.80. The number of aliphatic hydroxyl groups is 2. The highest BCUT2D eigenvalue weighted by molar-refractivity contribution is 7.89. The Bertz CT molecular complexity index is 787. The minimum absolute atomic E-state index is 0.0807. The van der Waals surface area contributed by atoms with Gasteiger partial charge in [-0.15, -0.1) is 0 Å². The SMILES string of the molecule is CC[C@H]1[C@@H](O)[C@@H]2[C@H](CC[C@]3(C)[C@@H]([C@H](C)CCCS(N)(=O)=O)CC[C@@H]23)[C@@]2(C)CC[C@@H](O)C[C@@H]12. The quantitative estimate of drug-likeness (QED) is 0.539. The van der Waals surface area contributed by atoms with Gasteiger partial charge in [0.25, 0.3) is 0 Å². The zero-order valence-corrected chi connectivity index (χ0v) is 21.5. The number of primary sulfonamides is 1. The fourth-order valence-electron chi connectivity index (χ4n) is 9.74. The minimum Gasteiger partial charge on any atom is -0.393 e. The van der Waals surface area contributed by atoms with Gasteiger partial charge in [0.1, 0.15) is 0 Å². The number of rotatable bonds is 6. The van der Waals surface area contributed by atoms with Crippen molar-refractivity contribution in [3.8, 4) is 0 Å². The molecule has 0 heterocycles. The van der Waals surface area contributed by atoms with Gasteiger partial charge in [0, 0.05) is 0 Å². The average molecular weight is 470 g/mol. The van der Waals surface area contributed by atoms with Gasteiger partial charge in [-0.2, -0.15) is 0 Å². The molecule has 0 bridgehead atoms. The molecule has 4 fully saturated rings. The highest BCUT2D eigenvalue weighted by Gasteiger charge is 2.64. The molecule has 0 aromatic carbocycles. The Labute approximate surface area is 196 Å².